The van der Waals surface area contributed by atoms with E-state index < -0.39 is 11.7 Å². The molecule has 3 heterocycles. The second-order valence-corrected chi connectivity index (χ2v) is 17.8. The number of pyridine rings is 1. The van der Waals surface area contributed by atoms with Crippen LogP contribution in [-0.2, 0) is 33.6 Å². The molecule has 3 aromatic carbocycles. The zero-order valence-electron chi connectivity index (χ0n) is 38.7. The van der Waals surface area contributed by atoms with Crippen LogP contribution in [0.2, 0.25) is 0 Å². The predicted molar refractivity (Wildman–Crippen MR) is 251 cm³/mol. The minimum atomic E-state index is -4.44. The predicted octanol–water partition coefficient (Wildman–Crippen LogP) is 7.99. The van der Waals surface area contributed by atoms with Gasteiger partial charge in [-0.25, -0.2) is 9.37 Å². The molecule has 0 spiro atoms. The van der Waals surface area contributed by atoms with Gasteiger partial charge in [0.15, 0.2) is 0 Å². The van der Waals surface area contributed by atoms with E-state index in [1.54, 1.807) is 29.7 Å². The maximum atomic E-state index is 13.8. The quantitative estimate of drug-likeness (QED) is 0.120. The van der Waals surface area contributed by atoms with Crippen LogP contribution in [0.5, 0.6) is 0 Å². The van der Waals surface area contributed by atoms with Gasteiger partial charge in [-0.1, -0.05) is 87.5 Å². The molecule has 4 fully saturated rings. The van der Waals surface area contributed by atoms with Gasteiger partial charge in [-0.15, -0.1) is 0 Å². The number of carbonyl (C=O) groups excluding carboxylic acids is 3. The van der Waals surface area contributed by atoms with Crippen molar-refractivity contribution >= 4 is 29.2 Å². The van der Waals surface area contributed by atoms with Crippen molar-refractivity contribution in [2.45, 2.75) is 96.1 Å². The van der Waals surface area contributed by atoms with Gasteiger partial charge in [-0.2, -0.15) is 13.2 Å². The first kappa shape index (κ1) is 50.2. The molecule has 1 aromatic heterocycles. The molecule has 2 saturated heterocycles. The lowest BCUT2D eigenvalue weighted by Gasteiger charge is -2.41. The van der Waals surface area contributed by atoms with Crippen molar-refractivity contribution in [3.05, 3.63) is 126 Å². The molecule has 3 amide bonds. The number of carbonyl (C=O) groups is 3. The SMILES string of the molecule is CCC(=O)N(CC1(N2CCN(Cc3ccccc3)CC2)CC1)c1ccc(C(F)(F)F)cn1.CCC(=O)N(CC1(N2CCN(Cc3ccccc3)CC2)CC1)c1cccc(F)c1.CCC(N)=O. The molecule has 15 heteroatoms. The molecule has 4 aromatic rings. The van der Waals surface area contributed by atoms with E-state index in [0.717, 1.165) is 103 Å². The highest BCUT2D eigenvalue weighted by atomic mass is 19.4. The zero-order valence-corrected chi connectivity index (χ0v) is 38.7. The van der Waals surface area contributed by atoms with Crippen molar-refractivity contribution in [1.82, 2.24) is 24.6 Å². The number of hydrogen-bond donors (Lipinski definition) is 1. The van der Waals surface area contributed by atoms with Crippen LogP contribution in [-0.4, -0.2) is 119 Å². The summed E-state index contributed by atoms with van der Waals surface area (Å²) >= 11 is 0. The number of piperazine rings is 2. The van der Waals surface area contributed by atoms with Gasteiger partial charge in [0, 0.05) is 121 Å². The number of hydrogen-bond acceptors (Lipinski definition) is 8. The van der Waals surface area contributed by atoms with E-state index in [9.17, 15) is 31.9 Å². The summed E-state index contributed by atoms with van der Waals surface area (Å²) in [5.74, 6) is -0.310. The third-order valence-electron chi connectivity index (χ3n) is 13.2. The van der Waals surface area contributed by atoms with Gasteiger partial charge in [0.05, 0.1) is 5.56 Å². The highest BCUT2D eigenvalue weighted by Gasteiger charge is 2.51. The first-order valence-corrected chi connectivity index (χ1v) is 23.4. The lowest BCUT2D eigenvalue weighted by molar-refractivity contribution is -0.137. The molecule has 2 N–H and O–H groups in total. The third-order valence-corrected chi connectivity index (χ3v) is 13.2. The van der Waals surface area contributed by atoms with Gasteiger partial charge >= 0.3 is 6.18 Å². The normalized spacial score (nSPS) is 18.2. The Balaban J connectivity index is 0.000000199. The van der Waals surface area contributed by atoms with E-state index in [-0.39, 0.29) is 41.0 Å². The number of nitrogens with zero attached hydrogens (tertiary/aromatic N) is 7. The number of alkyl halides is 3. The lowest BCUT2D eigenvalue weighted by atomic mass is 10.1. The number of halogens is 4. The fourth-order valence-electron chi connectivity index (χ4n) is 8.83. The highest BCUT2D eigenvalue weighted by Crippen LogP contribution is 2.45. The Morgan fingerprint density at radius 3 is 1.45 bits per heavy atom. The van der Waals surface area contributed by atoms with Gasteiger partial charge in [0.25, 0.3) is 0 Å². The largest absolute Gasteiger partial charge is 0.417 e. The van der Waals surface area contributed by atoms with Gasteiger partial charge in [0.1, 0.15) is 11.6 Å². The number of primary amides is 1. The highest BCUT2D eigenvalue weighted by molar-refractivity contribution is 5.93. The van der Waals surface area contributed by atoms with Gasteiger partial charge < -0.3 is 10.6 Å². The summed E-state index contributed by atoms with van der Waals surface area (Å²) in [6.45, 7) is 16.3. The fraction of sp³-hybridized carbons (Fsp3) is 0.490. The summed E-state index contributed by atoms with van der Waals surface area (Å²) in [4.78, 5) is 52.2. The average molecular weight is 915 g/mol. The van der Waals surface area contributed by atoms with E-state index in [0.29, 0.717) is 37.4 Å². The number of rotatable bonds is 15. The van der Waals surface area contributed by atoms with Crippen molar-refractivity contribution in [3.8, 4) is 0 Å². The van der Waals surface area contributed by atoms with Gasteiger partial charge in [0.2, 0.25) is 17.7 Å². The molecule has 11 nitrogen and oxygen atoms in total. The van der Waals surface area contributed by atoms with E-state index in [1.807, 2.05) is 19.1 Å². The van der Waals surface area contributed by atoms with Crippen molar-refractivity contribution in [2.24, 2.45) is 5.73 Å². The van der Waals surface area contributed by atoms with E-state index in [4.69, 9.17) is 0 Å². The Hall–Kier alpha value is -5.22. The minimum absolute atomic E-state index is 0.0516. The maximum absolute atomic E-state index is 13.8. The molecule has 8 rings (SSSR count). The van der Waals surface area contributed by atoms with Gasteiger partial charge in [-0.05, 0) is 67.1 Å². The number of benzene rings is 3. The zero-order chi connectivity index (χ0) is 47.3. The molecule has 2 aliphatic carbocycles. The first-order valence-electron chi connectivity index (χ1n) is 23.4. The van der Waals surface area contributed by atoms with Crippen LogP contribution in [0.25, 0.3) is 0 Å². The Morgan fingerprint density at radius 1 is 0.621 bits per heavy atom. The summed E-state index contributed by atoms with van der Waals surface area (Å²) in [7, 11) is 0. The molecule has 2 aliphatic heterocycles. The van der Waals surface area contributed by atoms with E-state index in [1.165, 1.54) is 29.3 Å². The fourth-order valence-corrected chi connectivity index (χ4v) is 8.83. The van der Waals surface area contributed by atoms with Gasteiger partial charge in [-0.3, -0.25) is 38.9 Å². The monoisotopic (exact) mass is 915 g/mol. The van der Waals surface area contributed by atoms with Crippen LogP contribution in [0, 0.1) is 5.82 Å². The Bertz CT molecular complexity index is 2150. The van der Waals surface area contributed by atoms with Crippen LogP contribution >= 0.6 is 0 Å². The van der Waals surface area contributed by atoms with Crippen molar-refractivity contribution < 1.29 is 31.9 Å². The topological polar surface area (TPSA) is 110 Å². The number of nitrogens with two attached hydrogens (primary N) is 1. The first-order chi connectivity index (χ1) is 31.7. The standard InChI is InChI=1S/C24H29F3N4O.C24H30FN3O.C3H7NO/c1-2-22(32)31(21-9-8-20(16-28-21)24(25,26)27)18-23(10-11-23)30-14-12-29(13-15-30)17-19-6-4-3-5-7-19;1-2-23(29)28(22-10-6-9-21(25)17-22)19-24(11-12-24)27-15-13-26(14-16-27)18-20-7-4-3-5-8-20;1-2-3(4)5/h3-9,16H,2,10-15,17-18H2,1H3;3-10,17H,2,11-16,18-19H2,1H3;2H2,1H3,(H2,4,5). The summed E-state index contributed by atoms with van der Waals surface area (Å²) in [6, 6.07) is 29.7. The third kappa shape index (κ3) is 13.9. The average Bonchev–Trinajstić information content (AvgIpc) is 4.28. The van der Waals surface area contributed by atoms with Crippen molar-refractivity contribution in [2.75, 3.05) is 75.2 Å². The molecule has 0 atom stereocenters. The van der Waals surface area contributed by atoms with E-state index in [2.05, 4.69) is 84.9 Å². The molecular formula is C51H66F4N8O3. The molecule has 356 valence electrons. The van der Waals surface area contributed by atoms with Crippen LogP contribution in [0.4, 0.5) is 29.1 Å². The maximum Gasteiger partial charge on any atom is 0.417 e. The van der Waals surface area contributed by atoms with Crippen molar-refractivity contribution in [1.29, 1.82) is 0 Å². The summed E-state index contributed by atoms with van der Waals surface area (Å²) in [6.07, 6.45) is 1.71. The number of anilines is 2. The molecule has 0 unspecified atom stereocenters. The molecule has 2 saturated carbocycles. The van der Waals surface area contributed by atoms with Crippen LogP contribution in [0.15, 0.2) is 103 Å². The molecule has 4 aliphatic rings. The van der Waals surface area contributed by atoms with Crippen LogP contribution in [0.1, 0.15) is 82.4 Å². The Morgan fingerprint density at radius 2 is 1.08 bits per heavy atom. The van der Waals surface area contributed by atoms with Crippen molar-refractivity contribution in [3.63, 3.8) is 0 Å². The number of aromatic nitrogens is 1. The molecule has 66 heavy (non-hydrogen) atoms. The summed E-state index contributed by atoms with van der Waals surface area (Å²) in [5, 5.41) is 0. The summed E-state index contributed by atoms with van der Waals surface area (Å²) < 4.78 is 52.5. The minimum Gasteiger partial charge on any atom is -0.370 e. The molecule has 0 bridgehead atoms. The second-order valence-electron chi connectivity index (χ2n) is 17.8. The van der Waals surface area contributed by atoms with Crippen LogP contribution in [0.3, 0.4) is 0 Å². The molecular weight excluding hydrogens is 849 g/mol. The van der Waals surface area contributed by atoms with E-state index >= 15 is 0 Å². The van der Waals surface area contributed by atoms with Crippen LogP contribution < -0.4 is 15.5 Å². The smallest absolute Gasteiger partial charge is 0.370 e. The molecule has 0 radical (unpaired) electrons. The summed E-state index contributed by atoms with van der Waals surface area (Å²) in [5.41, 5.74) is 7.12. The Labute approximate surface area is 387 Å². The number of amides is 3. The lowest BCUT2D eigenvalue weighted by Crippen LogP contribution is -2.55. The second kappa shape index (κ2) is 23.0. The Kier molecular flexibility index (Phi) is 17.5.